The lowest BCUT2D eigenvalue weighted by molar-refractivity contribution is -0.154. The lowest BCUT2D eigenvalue weighted by Crippen LogP contribution is -2.71. The van der Waals surface area contributed by atoms with Gasteiger partial charge in [-0.1, -0.05) is 169 Å². The van der Waals surface area contributed by atoms with Crippen molar-refractivity contribution in [2.24, 2.45) is 5.16 Å². The monoisotopic (exact) mass is 1100 g/mol. The maximum atomic E-state index is 14.8. The van der Waals surface area contributed by atoms with E-state index in [1.54, 1.807) is 37.6 Å². The number of benzene rings is 5. The maximum Gasteiger partial charge on any atom is 0.407 e. The Kier molecular flexibility index (Phi) is 16.8. The molecule has 1 saturated heterocycles. The molecule has 4 N–H and O–H groups in total. The third-order valence-electron chi connectivity index (χ3n) is 12.3. The highest BCUT2D eigenvalue weighted by Gasteiger charge is 2.55. The van der Waals surface area contributed by atoms with E-state index >= 15 is 0 Å². The van der Waals surface area contributed by atoms with Crippen molar-refractivity contribution >= 4 is 69.6 Å². The number of rotatable bonds is 19. The van der Waals surface area contributed by atoms with Crippen LogP contribution in [0.4, 0.5) is 9.93 Å². The van der Waals surface area contributed by atoms with Gasteiger partial charge in [-0.25, -0.2) is 19.7 Å². The van der Waals surface area contributed by atoms with E-state index in [1.165, 1.54) is 35.1 Å². The van der Waals surface area contributed by atoms with E-state index in [0.717, 1.165) is 33.0 Å². The number of alkyl carbamates (subject to hydrolysis) is 1. The smallest absolute Gasteiger partial charge is 0.407 e. The summed E-state index contributed by atoms with van der Waals surface area (Å²) >= 11 is 3.53. The lowest BCUT2D eigenvalue weighted by Gasteiger charge is -2.49. The zero-order chi connectivity index (χ0) is 54.8. The van der Waals surface area contributed by atoms with Crippen molar-refractivity contribution in [1.29, 1.82) is 0 Å². The maximum absolute atomic E-state index is 14.8. The molecule has 5 aromatic carbocycles. The summed E-state index contributed by atoms with van der Waals surface area (Å²) in [6.45, 7) is 4.96. The van der Waals surface area contributed by atoms with Gasteiger partial charge in [-0.05, 0) is 65.6 Å². The topological polar surface area (TPSA) is 228 Å². The number of aromatic amines is 1. The van der Waals surface area contributed by atoms with Gasteiger partial charge in [0, 0.05) is 24.2 Å². The minimum atomic E-state index is -1.11. The second-order valence-corrected chi connectivity index (χ2v) is 21.5. The number of nitrogens with one attached hydrogen (secondary N) is 4. The van der Waals surface area contributed by atoms with Crippen LogP contribution in [0.2, 0.25) is 0 Å². The number of allylic oxidation sites excluding steroid dienone is 1. The van der Waals surface area contributed by atoms with Crippen molar-refractivity contribution in [3.05, 3.63) is 234 Å². The fourth-order valence-electron chi connectivity index (χ4n) is 8.86. The third kappa shape index (κ3) is 12.0. The number of fused-ring (bicyclic) bond motifs is 1. The molecule has 0 radical (unpaired) electrons. The van der Waals surface area contributed by atoms with Gasteiger partial charge in [0.2, 0.25) is 0 Å². The Morgan fingerprint density at radius 1 is 0.833 bits per heavy atom. The number of carbonyl (C=O) groups excluding carboxylic acids is 4. The van der Waals surface area contributed by atoms with Crippen LogP contribution < -0.4 is 27.1 Å². The number of ether oxygens (including phenoxy) is 2. The molecule has 3 amide bonds. The Hall–Kier alpha value is -8.53. The molecule has 78 heavy (non-hydrogen) atoms. The van der Waals surface area contributed by atoms with Gasteiger partial charge in [-0.3, -0.25) is 28.6 Å². The molecule has 18 nitrogen and oxygen atoms in total. The predicted molar refractivity (Wildman–Crippen MR) is 300 cm³/mol. The van der Waals surface area contributed by atoms with Gasteiger partial charge < -0.3 is 30.3 Å². The number of amides is 3. The van der Waals surface area contributed by atoms with Crippen molar-refractivity contribution in [2.75, 3.05) is 24.7 Å². The Morgan fingerprint density at radius 2 is 1.40 bits per heavy atom. The fraction of sp³-hybridized carbons (Fsp3) is 0.211. The minimum Gasteiger partial charge on any atom is -0.448 e. The number of thiazole rings is 1. The van der Waals surface area contributed by atoms with Gasteiger partial charge in [0.25, 0.3) is 11.8 Å². The third-order valence-corrected chi connectivity index (χ3v) is 15.2. The van der Waals surface area contributed by atoms with Gasteiger partial charge >= 0.3 is 23.2 Å². The molecule has 9 rings (SSSR count). The quantitative estimate of drug-likeness (QED) is 0.0115. The van der Waals surface area contributed by atoms with Crippen LogP contribution >= 0.6 is 34.9 Å². The van der Waals surface area contributed by atoms with Crippen molar-refractivity contribution in [3.8, 4) is 0 Å². The number of hydrogen-bond donors (Lipinski definition) is 4. The van der Waals surface area contributed by atoms with Crippen molar-refractivity contribution < 1.29 is 33.5 Å². The molecule has 2 aliphatic heterocycles. The van der Waals surface area contributed by atoms with Gasteiger partial charge in [0.15, 0.2) is 22.1 Å². The van der Waals surface area contributed by atoms with E-state index < -0.39 is 63.7 Å². The van der Waals surface area contributed by atoms with E-state index in [1.807, 2.05) is 152 Å². The zero-order valence-corrected chi connectivity index (χ0v) is 45.1. The molecule has 0 bridgehead atoms. The average Bonchev–Trinajstić information content (AvgIpc) is 3.99. The van der Waals surface area contributed by atoms with Crippen LogP contribution in [0.3, 0.4) is 0 Å². The zero-order valence-electron chi connectivity index (χ0n) is 42.7. The summed E-state index contributed by atoms with van der Waals surface area (Å²) in [6.07, 6.45) is 0.0262. The standard InChI is InChI=1S/C57H53N9O9S3/c1-56(2,3)75-55(72)58-31-32-65-50(70)48(68)62-63-54(65)76-33-30-38-34-77-51-44(49(69)66(51)45(38)52(71)74-46(36-20-10-5-11-21-36)37-22-12-6-13-23-37)60-47(67)43(64-73-4)42-35-78-53(59-42)61-57(39-24-14-7-15-25-39,40-26-16-8-17-27-40)41-28-18-9-19-29-41/h5-30,33,35,44,46,51H,31-32,34H2,1-4H3,(H,58,72)(H,59,61)(H,60,67)(H,62,68)/b33-30+,64-43-. The van der Waals surface area contributed by atoms with Gasteiger partial charge in [-0.2, -0.15) is 0 Å². The van der Waals surface area contributed by atoms with Crippen LogP contribution in [0.15, 0.2) is 200 Å². The van der Waals surface area contributed by atoms with E-state index in [0.29, 0.717) is 21.8 Å². The molecule has 7 aromatic rings. The van der Waals surface area contributed by atoms with E-state index in [4.69, 9.17) is 19.3 Å². The first kappa shape index (κ1) is 54.3. The number of carbonyl (C=O) groups is 4. The largest absolute Gasteiger partial charge is 0.448 e. The predicted octanol–water partition coefficient (Wildman–Crippen LogP) is 7.96. The summed E-state index contributed by atoms with van der Waals surface area (Å²) in [5.74, 6) is -1.97. The summed E-state index contributed by atoms with van der Waals surface area (Å²) in [5.41, 5.74) is 1.02. The molecule has 0 spiro atoms. The number of β-lactam (4-membered cyclic amide) rings is 1. The summed E-state index contributed by atoms with van der Waals surface area (Å²) in [6, 6.07) is 47.2. The van der Waals surface area contributed by atoms with Crippen LogP contribution in [0.5, 0.6) is 0 Å². The van der Waals surface area contributed by atoms with Gasteiger partial charge in [0.05, 0.1) is 0 Å². The molecular formula is C57H53N9O9S3. The van der Waals surface area contributed by atoms with Crippen LogP contribution in [0, 0.1) is 0 Å². The molecule has 4 heterocycles. The van der Waals surface area contributed by atoms with Crippen LogP contribution in [0.25, 0.3) is 0 Å². The second kappa shape index (κ2) is 24.2. The normalized spacial score (nSPS) is 15.6. The molecule has 1 fully saturated rings. The van der Waals surface area contributed by atoms with E-state index in [9.17, 15) is 28.8 Å². The first-order valence-corrected chi connectivity index (χ1v) is 27.4. The first-order valence-electron chi connectivity index (χ1n) is 24.6. The number of hydrogen-bond acceptors (Lipinski definition) is 16. The number of thioether (sulfide) groups is 2. The molecule has 398 valence electrons. The molecular weight excluding hydrogens is 1050 g/mol. The molecule has 2 aliphatic rings. The van der Waals surface area contributed by atoms with E-state index in [2.05, 4.69) is 31.3 Å². The molecule has 0 saturated carbocycles. The Balaban J connectivity index is 0.989. The average molecular weight is 1100 g/mol. The van der Waals surface area contributed by atoms with Crippen LogP contribution in [0.1, 0.15) is 60.4 Å². The summed E-state index contributed by atoms with van der Waals surface area (Å²) in [7, 11) is 1.31. The first-order chi connectivity index (χ1) is 37.8. The van der Waals surface area contributed by atoms with Gasteiger partial charge in [-0.15, -0.1) is 28.2 Å². The minimum absolute atomic E-state index is 0.0592. The molecule has 2 atom stereocenters. The Morgan fingerprint density at radius 3 is 1.95 bits per heavy atom. The summed E-state index contributed by atoms with van der Waals surface area (Å²) < 4.78 is 12.7. The highest BCUT2D eigenvalue weighted by molar-refractivity contribution is 8.02. The van der Waals surface area contributed by atoms with E-state index in [-0.39, 0.29) is 41.1 Å². The number of aromatic nitrogens is 4. The molecule has 0 aliphatic carbocycles. The molecule has 2 unspecified atom stereocenters. The number of oxime groups is 1. The highest BCUT2D eigenvalue weighted by atomic mass is 32.2. The van der Waals surface area contributed by atoms with Crippen LogP contribution in [-0.4, -0.2) is 90.7 Å². The van der Waals surface area contributed by atoms with Crippen molar-refractivity contribution in [3.63, 3.8) is 0 Å². The van der Waals surface area contributed by atoms with Crippen molar-refractivity contribution in [1.82, 2.24) is 35.3 Å². The number of nitrogens with zero attached hydrogens (tertiary/aromatic N) is 5. The fourth-order valence-corrected chi connectivity index (χ4v) is 11.7. The Labute approximate surface area is 461 Å². The SMILES string of the molecule is CO/N=C(\C(=O)NC1C(=O)N2C(C(=O)OC(c3ccccc3)c3ccccc3)=C(/C=C/Sc3n[nH]c(=O)c(=O)n3CCNC(=O)OC(C)(C)C)CSC12)c1csc(NC(c2ccccc2)(c2ccccc2)c2ccccc2)n1. The van der Waals surface area contributed by atoms with Crippen LogP contribution in [-0.2, 0) is 40.8 Å². The highest BCUT2D eigenvalue weighted by Crippen LogP contribution is 2.43. The number of esters is 1. The molecule has 2 aromatic heterocycles. The lowest BCUT2D eigenvalue weighted by atomic mass is 9.77. The molecule has 21 heteroatoms. The summed E-state index contributed by atoms with van der Waals surface area (Å²) in [5, 5.41) is 22.5. The number of anilines is 1. The van der Waals surface area contributed by atoms with Gasteiger partial charge in [0.1, 0.15) is 41.1 Å². The number of H-pyrrole nitrogens is 1. The summed E-state index contributed by atoms with van der Waals surface area (Å²) in [4.78, 5) is 92.9. The van der Waals surface area contributed by atoms with Crippen molar-refractivity contribution in [2.45, 2.75) is 61.1 Å². The Bertz CT molecular complexity index is 3360. The second-order valence-electron chi connectivity index (χ2n) is 18.6.